The molecule has 1 aliphatic rings. The number of aliphatic hydroxyl groups is 1. The van der Waals surface area contributed by atoms with E-state index in [-0.39, 0.29) is 54.3 Å². The number of halogens is 4. The molecular formula is C15H21F3IN3O2. The van der Waals surface area contributed by atoms with Crippen molar-refractivity contribution in [2.45, 2.75) is 38.3 Å². The lowest BCUT2D eigenvalue weighted by atomic mass is 10.1. The number of ether oxygens (including phenoxy) is 1. The molecule has 1 aliphatic carbocycles. The van der Waals surface area contributed by atoms with Crippen LogP contribution in [0.1, 0.15) is 24.8 Å². The summed E-state index contributed by atoms with van der Waals surface area (Å²) in [5, 5.41) is 12.7. The highest BCUT2D eigenvalue weighted by Gasteiger charge is 2.30. The molecule has 1 saturated carbocycles. The molecule has 1 aromatic rings. The summed E-state index contributed by atoms with van der Waals surface area (Å²) < 4.78 is 39.9. The van der Waals surface area contributed by atoms with Crippen LogP contribution in [0.3, 0.4) is 0 Å². The molecule has 0 radical (unpaired) electrons. The molecule has 1 fully saturated rings. The number of aliphatic hydroxyl groups excluding tert-OH is 1. The van der Waals surface area contributed by atoms with E-state index in [4.69, 9.17) is 5.73 Å². The van der Waals surface area contributed by atoms with E-state index >= 15 is 0 Å². The molecular weight excluding hydrogens is 438 g/mol. The minimum Gasteiger partial charge on any atom is -0.406 e. The highest BCUT2D eigenvalue weighted by Crippen LogP contribution is 2.24. The summed E-state index contributed by atoms with van der Waals surface area (Å²) in [7, 11) is 0. The van der Waals surface area contributed by atoms with Gasteiger partial charge in [0.1, 0.15) is 5.75 Å². The fourth-order valence-corrected chi connectivity index (χ4v) is 2.52. The first-order valence-corrected chi connectivity index (χ1v) is 7.40. The molecule has 0 bridgehead atoms. The van der Waals surface area contributed by atoms with Gasteiger partial charge in [-0.25, -0.2) is 4.99 Å². The Morgan fingerprint density at radius 3 is 2.50 bits per heavy atom. The Morgan fingerprint density at radius 1 is 1.29 bits per heavy atom. The van der Waals surface area contributed by atoms with Crippen molar-refractivity contribution in [2.75, 3.05) is 6.54 Å². The van der Waals surface area contributed by atoms with Crippen molar-refractivity contribution in [1.82, 2.24) is 5.32 Å². The average Bonchev–Trinajstić information content (AvgIpc) is 2.88. The minimum atomic E-state index is -4.70. The van der Waals surface area contributed by atoms with Crippen LogP contribution in [0.25, 0.3) is 0 Å². The highest BCUT2D eigenvalue weighted by molar-refractivity contribution is 14.0. The van der Waals surface area contributed by atoms with Crippen LogP contribution in [0.5, 0.6) is 5.75 Å². The van der Waals surface area contributed by atoms with Crippen LogP contribution in [0.4, 0.5) is 13.2 Å². The third kappa shape index (κ3) is 7.12. The maximum absolute atomic E-state index is 12.0. The van der Waals surface area contributed by atoms with Gasteiger partial charge in [-0.1, -0.05) is 18.6 Å². The van der Waals surface area contributed by atoms with Crippen molar-refractivity contribution in [3.8, 4) is 5.75 Å². The number of rotatable bonds is 5. The second-order valence-electron chi connectivity index (χ2n) is 5.53. The van der Waals surface area contributed by atoms with Crippen LogP contribution in [-0.4, -0.2) is 30.1 Å². The Hall–Kier alpha value is -1.23. The minimum absolute atomic E-state index is 0. The van der Waals surface area contributed by atoms with Gasteiger partial charge in [0.05, 0.1) is 12.6 Å². The Balaban J connectivity index is 0.00000288. The maximum atomic E-state index is 12.0. The molecule has 2 rings (SSSR count). The largest absolute Gasteiger partial charge is 0.573 e. The number of hydrogen-bond acceptors (Lipinski definition) is 3. The quantitative estimate of drug-likeness (QED) is 0.360. The van der Waals surface area contributed by atoms with Gasteiger partial charge in [-0.2, -0.15) is 0 Å². The number of hydrogen-bond donors (Lipinski definition) is 3. The Bertz CT molecular complexity index is 538. The molecule has 5 nitrogen and oxygen atoms in total. The molecule has 4 N–H and O–H groups in total. The second-order valence-corrected chi connectivity index (χ2v) is 5.53. The Labute approximate surface area is 155 Å². The Morgan fingerprint density at radius 2 is 1.96 bits per heavy atom. The summed E-state index contributed by atoms with van der Waals surface area (Å²) in [5.41, 5.74) is 6.46. The number of nitrogens with one attached hydrogen (secondary N) is 1. The van der Waals surface area contributed by atoms with Crippen molar-refractivity contribution in [3.63, 3.8) is 0 Å². The molecule has 0 spiro atoms. The lowest BCUT2D eigenvalue weighted by Crippen LogP contribution is -2.37. The summed E-state index contributed by atoms with van der Waals surface area (Å²) in [6.07, 6.45) is -2.20. The van der Waals surface area contributed by atoms with Gasteiger partial charge >= 0.3 is 6.36 Å². The van der Waals surface area contributed by atoms with Gasteiger partial charge in [-0.3, -0.25) is 0 Å². The summed E-state index contributed by atoms with van der Waals surface area (Å²) in [6, 6.07) is 5.46. The van der Waals surface area contributed by atoms with E-state index in [1.165, 1.54) is 24.3 Å². The highest BCUT2D eigenvalue weighted by atomic mass is 127. The van der Waals surface area contributed by atoms with Crippen LogP contribution < -0.4 is 15.8 Å². The first kappa shape index (κ1) is 20.8. The molecule has 0 saturated heterocycles. The molecule has 24 heavy (non-hydrogen) atoms. The SMILES string of the molecule is I.NC(=NCc1ccc(OC(F)(F)F)cc1)NCC1CCCC1O. The molecule has 2 atom stereocenters. The lowest BCUT2D eigenvalue weighted by molar-refractivity contribution is -0.274. The number of nitrogens with two attached hydrogens (primary N) is 1. The number of alkyl halides is 3. The van der Waals surface area contributed by atoms with E-state index < -0.39 is 6.36 Å². The van der Waals surface area contributed by atoms with Crippen LogP contribution in [0.2, 0.25) is 0 Å². The van der Waals surface area contributed by atoms with E-state index in [2.05, 4.69) is 15.0 Å². The van der Waals surface area contributed by atoms with Gasteiger partial charge in [-0.05, 0) is 30.5 Å². The van der Waals surface area contributed by atoms with Gasteiger partial charge in [0.2, 0.25) is 0 Å². The van der Waals surface area contributed by atoms with Crippen molar-refractivity contribution in [3.05, 3.63) is 29.8 Å². The molecule has 2 unspecified atom stereocenters. The van der Waals surface area contributed by atoms with Crippen molar-refractivity contribution >= 4 is 29.9 Å². The van der Waals surface area contributed by atoms with E-state index in [0.29, 0.717) is 12.1 Å². The van der Waals surface area contributed by atoms with E-state index in [1.807, 2.05) is 0 Å². The molecule has 0 heterocycles. The monoisotopic (exact) mass is 459 g/mol. The molecule has 0 amide bonds. The van der Waals surface area contributed by atoms with E-state index in [1.54, 1.807) is 0 Å². The zero-order valence-electron chi connectivity index (χ0n) is 12.9. The van der Waals surface area contributed by atoms with Gasteiger partial charge in [0.25, 0.3) is 0 Å². The maximum Gasteiger partial charge on any atom is 0.573 e. The fourth-order valence-electron chi connectivity index (χ4n) is 2.52. The van der Waals surface area contributed by atoms with E-state index in [9.17, 15) is 18.3 Å². The molecule has 9 heteroatoms. The predicted molar refractivity (Wildman–Crippen MR) is 95.2 cm³/mol. The summed E-state index contributed by atoms with van der Waals surface area (Å²) >= 11 is 0. The van der Waals surface area contributed by atoms with Crippen LogP contribution in [-0.2, 0) is 6.54 Å². The summed E-state index contributed by atoms with van der Waals surface area (Å²) in [6.45, 7) is 0.813. The third-order valence-electron chi connectivity index (χ3n) is 3.75. The fraction of sp³-hybridized carbons (Fsp3) is 0.533. The van der Waals surface area contributed by atoms with E-state index in [0.717, 1.165) is 19.3 Å². The molecule has 1 aromatic carbocycles. The summed E-state index contributed by atoms with van der Waals surface area (Å²) in [5.74, 6) is 0.161. The summed E-state index contributed by atoms with van der Waals surface area (Å²) in [4.78, 5) is 4.12. The lowest BCUT2D eigenvalue weighted by Gasteiger charge is -2.15. The van der Waals surface area contributed by atoms with Crippen molar-refractivity contribution < 1.29 is 23.0 Å². The van der Waals surface area contributed by atoms with Crippen molar-refractivity contribution in [1.29, 1.82) is 0 Å². The van der Waals surface area contributed by atoms with Gasteiger partial charge in [0, 0.05) is 12.5 Å². The molecule has 136 valence electrons. The molecule has 0 aliphatic heterocycles. The number of benzene rings is 1. The first-order chi connectivity index (χ1) is 10.8. The predicted octanol–water partition coefficient (Wildman–Crippen LogP) is 2.77. The average molecular weight is 459 g/mol. The topological polar surface area (TPSA) is 79.9 Å². The first-order valence-electron chi connectivity index (χ1n) is 7.40. The standard InChI is InChI=1S/C15H20F3N3O2.HI/c16-15(17,18)23-12-6-4-10(5-7-12)8-20-14(19)21-9-11-2-1-3-13(11)22;/h4-7,11,13,22H,1-3,8-9H2,(H3,19,20,21);1H. The van der Waals surface area contributed by atoms with Gasteiger partial charge in [0.15, 0.2) is 5.96 Å². The Kier molecular flexibility index (Phi) is 8.07. The molecule has 0 aromatic heterocycles. The smallest absolute Gasteiger partial charge is 0.406 e. The van der Waals surface area contributed by atoms with Crippen LogP contribution >= 0.6 is 24.0 Å². The number of nitrogens with zero attached hydrogens (tertiary/aromatic N) is 1. The number of guanidine groups is 1. The van der Waals surface area contributed by atoms with Crippen LogP contribution in [0.15, 0.2) is 29.3 Å². The van der Waals surface area contributed by atoms with Gasteiger partial charge in [-0.15, -0.1) is 37.1 Å². The third-order valence-corrected chi connectivity index (χ3v) is 3.75. The van der Waals surface area contributed by atoms with Crippen LogP contribution in [0, 0.1) is 5.92 Å². The normalized spacial score (nSPS) is 21.2. The zero-order valence-corrected chi connectivity index (χ0v) is 15.3. The second kappa shape index (κ2) is 9.30. The van der Waals surface area contributed by atoms with Gasteiger partial charge < -0.3 is 20.9 Å². The zero-order chi connectivity index (χ0) is 16.9. The number of aliphatic imine (C=N–C) groups is 1. The van der Waals surface area contributed by atoms with Crippen molar-refractivity contribution in [2.24, 2.45) is 16.6 Å².